The molecule has 0 saturated carbocycles. The smallest absolute Gasteiger partial charge is 0.417 e. The number of hydrogen-bond donors (Lipinski definition) is 1. The van der Waals surface area contributed by atoms with Crippen molar-refractivity contribution in [2.24, 2.45) is 0 Å². The van der Waals surface area contributed by atoms with E-state index < -0.39 is 23.7 Å². The molecule has 2 rings (SSSR count). The Hall–Kier alpha value is -2.64. The number of nitrogens with zero attached hydrogens (tertiary/aromatic N) is 1. The van der Waals surface area contributed by atoms with Crippen molar-refractivity contribution in [2.75, 3.05) is 26.8 Å². The molecule has 1 fully saturated rings. The summed E-state index contributed by atoms with van der Waals surface area (Å²) in [6.45, 7) is -0.230. The molecule has 3 amide bonds. The molecule has 0 atom stereocenters. The summed E-state index contributed by atoms with van der Waals surface area (Å²) < 4.78 is 22.7. The number of nitrogens with one attached hydrogen (secondary N) is 1. The van der Waals surface area contributed by atoms with Crippen LogP contribution in [-0.4, -0.2) is 49.6 Å². The summed E-state index contributed by atoms with van der Waals surface area (Å²) in [4.78, 5) is 35.1. The highest BCUT2D eigenvalue weighted by Gasteiger charge is 2.30. The normalized spacial score (nSPS) is 14.1. The van der Waals surface area contributed by atoms with Crippen molar-refractivity contribution in [3.63, 3.8) is 0 Å². The molecule has 1 aliphatic heterocycles. The molecule has 0 aliphatic carbocycles. The van der Waals surface area contributed by atoms with Gasteiger partial charge in [0, 0.05) is 18.7 Å². The predicted octanol–water partition coefficient (Wildman–Crippen LogP) is 0.543. The zero-order valence-corrected chi connectivity index (χ0v) is 11.2. The first kappa shape index (κ1) is 14.8. The molecule has 112 valence electrons. The van der Waals surface area contributed by atoms with E-state index in [4.69, 9.17) is 4.74 Å². The summed E-state index contributed by atoms with van der Waals surface area (Å²) in [6, 6.07) is 3.79. The maximum Gasteiger partial charge on any atom is 0.417 e. The van der Waals surface area contributed by atoms with E-state index >= 15 is 0 Å². The van der Waals surface area contributed by atoms with Crippen LogP contribution in [-0.2, 0) is 9.53 Å². The number of hydrogen-bond acceptors (Lipinski definition) is 5. The molecule has 1 aromatic carbocycles. The average Bonchev–Trinajstić information content (AvgIpc) is 2.78. The van der Waals surface area contributed by atoms with Gasteiger partial charge in [0.2, 0.25) is 0 Å². The van der Waals surface area contributed by atoms with Gasteiger partial charge in [-0.3, -0.25) is 9.59 Å². The molecule has 0 radical (unpaired) electrons. The van der Waals surface area contributed by atoms with Crippen molar-refractivity contribution in [3.8, 4) is 5.75 Å². The van der Waals surface area contributed by atoms with Gasteiger partial charge in [0.15, 0.2) is 18.2 Å². The molecule has 1 saturated heterocycles. The molecule has 0 bridgehead atoms. The third kappa shape index (κ3) is 3.28. The Morgan fingerprint density at radius 1 is 1.48 bits per heavy atom. The summed E-state index contributed by atoms with van der Waals surface area (Å²) in [5, 5.41) is 2.48. The minimum atomic E-state index is -0.732. The van der Waals surface area contributed by atoms with Gasteiger partial charge >= 0.3 is 6.09 Å². The van der Waals surface area contributed by atoms with E-state index in [1.54, 1.807) is 0 Å². The number of imide groups is 1. The number of rotatable bonds is 5. The zero-order valence-electron chi connectivity index (χ0n) is 11.2. The topological polar surface area (TPSA) is 84.9 Å². The van der Waals surface area contributed by atoms with Gasteiger partial charge in [-0.05, 0) is 18.2 Å². The summed E-state index contributed by atoms with van der Waals surface area (Å²) >= 11 is 0. The third-order valence-corrected chi connectivity index (χ3v) is 2.88. The summed E-state index contributed by atoms with van der Waals surface area (Å²) in [5.41, 5.74) is 0.114. The lowest BCUT2D eigenvalue weighted by Crippen LogP contribution is -2.37. The number of benzene rings is 1. The number of amides is 3. The molecule has 1 aliphatic rings. The number of carbonyl (C=O) groups is 3. The number of halogens is 1. The van der Waals surface area contributed by atoms with Crippen LogP contribution in [0.4, 0.5) is 9.18 Å². The second kappa shape index (κ2) is 6.21. The molecule has 21 heavy (non-hydrogen) atoms. The van der Waals surface area contributed by atoms with Crippen molar-refractivity contribution in [2.45, 2.75) is 0 Å². The Morgan fingerprint density at radius 3 is 2.81 bits per heavy atom. The lowest BCUT2D eigenvalue weighted by Gasteiger charge is -2.11. The van der Waals surface area contributed by atoms with E-state index in [9.17, 15) is 18.8 Å². The Balaban J connectivity index is 1.89. The minimum Gasteiger partial charge on any atom is -0.494 e. The van der Waals surface area contributed by atoms with Gasteiger partial charge in [0.1, 0.15) is 0 Å². The van der Waals surface area contributed by atoms with Gasteiger partial charge in [-0.25, -0.2) is 14.1 Å². The Kier molecular flexibility index (Phi) is 4.36. The quantitative estimate of drug-likeness (QED) is 0.857. The van der Waals surface area contributed by atoms with E-state index in [0.29, 0.717) is 0 Å². The van der Waals surface area contributed by atoms with Crippen molar-refractivity contribution >= 4 is 17.9 Å². The first-order valence-corrected chi connectivity index (χ1v) is 6.12. The number of carbonyl (C=O) groups excluding carboxylic acids is 3. The van der Waals surface area contributed by atoms with Crippen LogP contribution in [0.2, 0.25) is 0 Å². The monoisotopic (exact) mass is 296 g/mol. The Bertz CT molecular complexity index is 574. The molecule has 0 unspecified atom stereocenters. The van der Waals surface area contributed by atoms with Crippen LogP contribution in [0.3, 0.4) is 0 Å². The van der Waals surface area contributed by atoms with Crippen LogP contribution >= 0.6 is 0 Å². The number of methoxy groups -OCH3 is 1. The van der Waals surface area contributed by atoms with Crippen molar-refractivity contribution in [3.05, 3.63) is 29.6 Å². The standard InChI is InChI=1S/C13H13FN2O5/c1-20-10-3-2-8(6-9(10)14)12(18)15-4-5-16-11(17)7-21-13(16)19/h2-3,6H,4-5,7H2,1H3,(H,15,18). The molecule has 7 nitrogen and oxygen atoms in total. The van der Waals surface area contributed by atoms with Crippen molar-refractivity contribution in [1.29, 1.82) is 0 Å². The molecule has 1 aromatic rings. The minimum absolute atomic E-state index is 0.00203. The van der Waals surface area contributed by atoms with Gasteiger partial charge in [-0.15, -0.1) is 0 Å². The zero-order chi connectivity index (χ0) is 15.4. The molecule has 0 spiro atoms. The van der Waals surface area contributed by atoms with Crippen molar-refractivity contribution in [1.82, 2.24) is 10.2 Å². The third-order valence-electron chi connectivity index (χ3n) is 2.88. The second-order valence-electron chi connectivity index (χ2n) is 4.21. The second-order valence-corrected chi connectivity index (χ2v) is 4.21. The van der Waals surface area contributed by atoms with Crippen LogP contribution in [0.1, 0.15) is 10.4 Å². The lowest BCUT2D eigenvalue weighted by atomic mass is 10.2. The first-order chi connectivity index (χ1) is 10.0. The van der Waals surface area contributed by atoms with E-state index in [1.807, 2.05) is 0 Å². The fourth-order valence-corrected chi connectivity index (χ4v) is 1.79. The van der Waals surface area contributed by atoms with Gasteiger partial charge in [-0.2, -0.15) is 0 Å². The molecule has 0 aromatic heterocycles. The van der Waals surface area contributed by atoms with Crippen LogP contribution in [0, 0.1) is 5.82 Å². The van der Waals surface area contributed by atoms with Crippen LogP contribution in [0.5, 0.6) is 5.75 Å². The summed E-state index contributed by atoms with van der Waals surface area (Å²) in [6.07, 6.45) is -0.732. The van der Waals surface area contributed by atoms with Gasteiger partial charge in [0.05, 0.1) is 7.11 Å². The fraction of sp³-hybridized carbons (Fsp3) is 0.308. The number of cyclic esters (lactones) is 1. The van der Waals surface area contributed by atoms with Crippen LogP contribution in [0.15, 0.2) is 18.2 Å². The van der Waals surface area contributed by atoms with Gasteiger partial charge in [0.25, 0.3) is 11.8 Å². The SMILES string of the molecule is COc1ccc(C(=O)NCCN2C(=O)COC2=O)cc1F. The van der Waals surface area contributed by atoms with Gasteiger partial charge in [-0.1, -0.05) is 0 Å². The average molecular weight is 296 g/mol. The van der Waals surface area contributed by atoms with E-state index in [-0.39, 0.29) is 31.0 Å². The molecule has 8 heteroatoms. The van der Waals surface area contributed by atoms with E-state index in [2.05, 4.69) is 10.1 Å². The summed E-state index contributed by atoms with van der Waals surface area (Å²) in [5.74, 6) is -1.58. The first-order valence-electron chi connectivity index (χ1n) is 6.12. The van der Waals surface area contributed by atoms with Gasteiger partial charge < -0.3 is 14.8 Å². The lowest BCUT2D eigenvalue weighted by molar-refractivity contribution is -0.125. The van der Waals surface area contributed by atoms with Crippen LogP contribution < -0.4 is 10.1 Å². The molecular formula is C13H13FN2O5. The molecular weight excluding hydrogens is 283 g/mol. The maximum absolute atomic E-state index is 13.5. The highest BCUT2D eigenvalue weighted by molar-refractivity contribution is 5.98. The maximum atomic E-state index is 13.5. The van der Waals surface area contributed by atoms with Crippen LogP contribution in [0.25, 0.3) is 0 Å². The largest absolute Gasteiger partial charge is 0.494 e. The predicted molar refractivity (Wildman–Crippen MR) is 68.3 cm³/mol. The Morgan fingerprint density at radius 2 is 2.24 bits per heavy atom. The van der Waals surface area contributed by atoms with E-state index in [1.165, 1.54) is 19.2 Å². The molecule has 1 N–H and O–H groups in total. The molecule has 1 heterocycles. The fourth-order valence-electron chi connectivity index (χ4n) is 1.79. The highest BCUT2D eigenvalue weighted by atomic mass is 19.1. The Labute approximate surface area is 119 Å². The highest BCUT2D eigenvalue weighted by Crippen LogP contribution is 2.17. The number of ether oxygens (including phenoxy) is 2. The van der Waals surface area contributed by atoms with E-state index in [0.717, 1.165) is 11.0 Å². The summed E-state index contributed by atoms with van der Waals surface area (Å²) in [7, 11) is 1.32. The van der Waals surface area contributed by atoms with Crippen molar-refractivity contribution < 1.29 is 28.2 Å².